The van der Waals surface area contributed by atoms with Crippen LogP contribution in [0.4, 0.5) is 0 Å². The fourth-order valence-corrected chi connectivity index (χ4v) is 3.51. The number of ether oxygens (including phenoxy) is 1. The number of aryl methyl sites for hydroxylation is 1. The summed E-state index contributed by atoms with van der Waals surface area (Å²) in [6.07, 6.45) is 3.51. The van der Waals surface area contributed by atoms with Gasteiger partial charge in [-0.25, -0.2) is 0 Å². The van der Waals surface area contributed by atoms with Crippen molar-refractivity contribution >= 4 is 23.5 Å². The van der Waals surface area contributed by atoms with Crippen LogP contribution in [-0.2, 0) is 22.9 Å². The Kier molecular flexibility index (Phi) is 4.59. The van der Waals surface area contributed by atoms with Crippen molar-refractivity contribution in [2.45, 2.75) is 45.4 Å². The molecule has 152 valence electrons. The van der Waals surface area contributed by atoms with Crippen LogP contribution in [0, 0.1) is 0 Å². The Morgan fingerprint density at radius 3 is 2.31 bits per heavy atom. The molecule has 2 aromatic heterocycles. The van der Waals surface area contributed by atoms with Crippen LogP contribution >= 0.6 is 0 Å². The van der Waals surface area contributed by atoms with Crippen molar-refractivity contribution in [3.05, 3.63) is 52.6 Å². The van der Waals surface area contributed by atoms with Crippen molar-refractivity contribution < 1.29 is 14.0 Å². The van der Waals surface area contributed by atoms with Gasteiger partial charge in [0.05, 0.1) is 31.1 Å². The maximum Gasteiger partial charge on any atom is 0.497 e. The summed E-state index contributed by atoms with van der Waals surface area (Å²) in [7, 11) is 2.81. The standard InChI is InChI=1S/C21H26BN3O4/c1-20(2)21(3,4)29-22(28-20)17-13-24(5)19(26)18-16(17)11-23-25(18)12-14-7-9-15(27-6)10-8-14/h7-11,13H,12H2,1-6H3. The topological polar surface area (TPSA) is 67.5 Å². The first-order chi connectivity index (χ1) is 13.6. The highest BCUT2D eigenvalue weighted by Gasteiger charge is 2.52. The number of methoxy groups -OCH3 is 1. The van der Waals surface area contributed by atoms with E-state index in [1.807, 2.05) is 52.0 Å². The smallest absolute Gasteiger partial charge is 0.497 e. The molecule has 3 heterocycles. The van der Waals surface area contributed by atoms with E-state index in [0.29, 0.717) is 12.1 Å². The summed E-state index contributed by atoms with van der Waals surface area (Å²) in [5.74, 6) is 0.790. The summed E-state index contributed by atoms with van der Waals surface area (Å²) >= 11 is 0. The van der Waals surface area contributed by atoms with Gasteiger partial charge in [-0.2, -0.15) is 5.10 Å². The Morgan fingerprint density at radius 1 is 1.10 bits per heavy atom. The molecule has 4 rings (SSSR count). The van der Waals surface area contributed by atoms with Gasteiger partial charge in [0.25, 0.3) is 5.56 Å². The Hall–Kier alpha value is -2.58. The SMILES string of the molecule is COc1ccc(Cn2ncc3c(B4OC(C)(C)C(C)(C)O4)cn(C)c(=O)c32)cc1. The highest BCUT2D eigenvalue weighted by atomic mass is 16.7. The number of benzene rings is 1. The van der Waals surface area contributed by atoms with Crippen molar-refractivity contribution in [1.29, 1.82) is 0 Å². The molecule has 3 aromatic rings. The molecule has 8 heteroatoms. The fraction of sp³-hybridized carbons (Fsp3) is 0.429. The highest BCUT2D eigenvalue weighted by Crippen LogP contribution is 2.36. The van der Waals surface area contributed by atoms with Crippen LogP contribution in [0.1, 0.15) is 33.3 Å². The summed E-state index contributed by atoms with van der Waals surface area (Å²) in [5, 5.41) is 5.25. The molecule has 0 aliphatic carbocycles. The van der Waals surface area contributed by atoms with E-state index >= 15 is 0 Å². The quantitative estimate of drug-likeness (QED) is 0.633. The van der Waals surface area contributed by atoms with E-state index in [1.165, 1.54) is 0 Å². The first-order valence-electron chi connectivity index (χ1n) is 9.66. The number of nitrogens with zero attached hydrogens (tertiary/aromatic N) is 3. The van der Waals surface area contributed by atoms with E-state index in [1.54, 1.807) is 35.8 Å². The lowest BCUT2D eigenvalue weighted by Crippen LogP contribution is -2.41. The van der Waals surface area contributed by atoms with Gasteiger partial charge in [-0.1, -0.05) is 12.1 Å². The second-order valence-corrected chi connectivity index (χ2v) is 8.50. The second kappa shape index (κ2) is 6.74. The molecular weight excluding hydrogens is 369 g/mol. The van der Waals surface area contributed by atoms with Gasteiger partial charge < -0.3 is 18.6 Å². The minimum Gasteiger partial charge on any atom is -0.497 e. The molecule has 1 saturated heterocycles. The lowest BCUT2D eigenvalue weighted by molar-refractivity contribution is 0.00578. The predicted octanol–water partition coefficient (Wildman–Crippen LogP) is 2.09. The van der Waals surface area contributed by atoms with Crippen LogP contribution in [0.25, 0.3) is 10.9 Å². The molecule has 1 aliphatic rings. The lowest BCUT2D eigenvalue weighted by Gasteiger charge is -2.32. The first kappa shape index (κ1) is 19.7. The molecule has 0 atom stereocenters. The van der Waals surface area contributed by atoms with Crippen LogP contribution in [-0.4, -0.2) is 39.8 Å². The number of pyridine rings is 1. The molecule has 0 unspecified atom stereocenters. The van der Waals surface area contributed by atoms with Crippen molar-refractivity contribution in [3.63, 3.8) is 0 Å². The minimum atomic E-state index is -0.562. The number of rotatable bonds is 4. The molecule has 1 aromatic carbocycles. The molecule has 0 saturated carbocycles. The Labute approximate surface area is 170 Å². The van der Waals surface area contributed by atoms with E-state index in [-0.39, 0.29) is 5.56 Å². The first-order valence-corrected chi connectivity index (χ1v) is 9.66. The average molecular weight is 395 g/mol. The number of hydrogen-bond donors (Lipinski definition) is 0. The maximum absolute atomic E-state index is 12.9. The second-order valence-electron chi connectivity index (χ2n) is 8.50. The fourth-order valence-electron chi connectivity index (χ4n) is 3.51. The maximum atomic E-state index is 12.9. The highest BCUT2D eigenvalue weighted by molar-refractivity contribution is 6.65. The van der Waals surface area contributed by atoms with E-state index in [2.05, 4.69) is 5.10 Å². The number of aromatic nitrogens is 3. The minimum absolute atomic E-state index is 0.105. The lowest BCUT2D eigenvalue weighted by atomic mass is 9.78. The van der Waals surface area contributed by atoms with Crippen molar-refractivity contribution in [1.82, 2.24) is 14.3 Å². The van der Waals surface area contributed by atoms with E-state index in [9.17, 15) is 4.79 Å². The zero-order valence-corrected chi connectivity index (χ0v) is 17.7. The summed E-state index contributed by atoms with van der Waals surface area (Å²) < 4.78 is 20.9. The molecule has 1 fully saturated rings. The third kappa shape index (κ3) is 3.26. The summed E-state index contributed by atoms with van der Waals surface area (Å²) in [4.78, 5) is 12.9. The normalized spacial score (nSPS) is 17.8. The zero-order chi connectivity index (χ0) is 21.0. The van der Waals surface area contributed by atoms with Gasteiger partial charge in [0.2, 0.25) is 0 Å². The van der Waals surface area contributed by atoms with Gasteiger partial charge in [0.15, 0.2) is 0 Å². The van der Waals surface area contributed by atoms with Crippen LogP contribution < -0.4 is 15.8 Å². The number of fused-ring (bicyclic) bond motifs is 1. The molecule has 0 spiro atoms. The Balaban J connectivity index is 1.77. The summed E-state index contributed by atoms with van der Waals surface area (Å²) in [6.45, 7) is 8.53. The molecule has 1 aliphatic heterocycles. The molecule has 0 radical (unpaired) electrons. The van der Waals surface area contributed by atoms with Crippen LogP contribution in [0.3, 0.4) is 0 Å². The summed E-state index contributed by atoms with van der Waals surface area (Å²) in [5.41, 5.74) is 1.35. The zero-order valence-electron chi connectivity index (χ0n) is 17.7. The van der Waals surface area contributed by atoms with E-state index in [4.69, 9.17) is 14.0 Å². The molecular formula is C21H26BN3O4. The molecule has 7 nitrogen and oxygen atoms in total. The molecule has 0 amide bonds. The van der Waals surface area contributed by atoms with Gasteiger partial charge in [-0.05, 0) is 45.4 Å². The van der Waals surface area contributed by atoms with Gasteiger partial charge in [-0.3, -0.25) is 9.48 Å². The molecule has 29 heavy (non-hydrogen) atoms. The third-order valence-corrected chi connectivity index (χ3v) is 6.00. The Morgan fingerprint density at radius 2 is 1.72 bits per heavy atom. The van der Waals surface area contributed by atoms with Gasteiger partial charge in [-0.15, -0.1) is 0 Å². The van der Waals surface area contributed by atoms with Crippen LogP contribution in [0.15, 0.2) is 41.5 Å². The summed E-state index contributed by atoms with van der Waals surface area (Å²) in [6, 6.07) is 7.73. The monoisotopic (exact) mass is 395 g/mol. The van der Waals surface area contributed by atoms with Crippen molar-refractivity contribution in [2.75, 3.05) is 7.11 Å². The molecule has 0 N–H and O–H groups in total. The van der Waals surface area contributed by atoms with Crippen LogP contribution in [0.2, 0.25) is 0 Å². The largest absolute Gasteiger partial charge is 0.497 e. The van der Waals surface area contributed by atoms with Crippen molar-refractivity contribution in [2.24, 2.45) is 7.05 Å². The van der Waals surface area contributed by atoms with Gasteiger partial charge in [0.1, 0.15) is 11.3 Å². The van der Waals surface area contributed by atoms with E-state index in [0.717, 1.165) is 22.2 Å². The molecule has 0 bridgehead atoms. The van der Waals surface area contributed by atoms with Crippen molar-refractivity contribution in [3.8, 4) is 5.75 Å². The van der Waals surface area contributed by atoms with E-state index < -0.39 is 18.3 Å². The third-order valence-electron chi connectivity index (χ3n) is 6.00. The van der Waals surface area contributed by atoms with Crippen LogP contribution in [0.5, 0.6) is 5.75 Å². The number of hydrogen-bond acceptors (Lipinski definition) is 5. The predicted molar refractivity (Wildman–Crippen MR) is 113 cm³/mol. The Bertz CT molecular complexity index is 1100. The van der Waals surface area contributed by atoms with Gasteiger partial charge >= 0.3 is 7.12 Å². The van der Waals surface area contributed by atoms with Gasteiger partial charge in [0, 0.05) is 24.1 Å². The average Bonchev–Trinajstić information content (AvgIpc) is 3.17.